The van der Waals surface area contributed by atoms with Gasteiger partial charge < -0.3 is 68.5 Å². The lowest BCUT2D eigenvalue weighted by Crippen LogP contribution is -2.16. The van der Waals surface area contributed by atoms with E-state index in [1.807, 2.05) is 57.2 Å². The fourth-order valence-electron chi connectivity index (χ4n) is 9.26. The molecule has 7 atom stereocenters. The Bertz CT molecular complexity index is 4220. The highest BCUT2D eigenvalue weighted by Crippen LogP contribution is 2.34. The second kappa shape index (κ2) is 53.5. The Morgan fingerprint density at radius 3 is 0.722 bits per heavy atom. The third-order valence-corrected chi connectivity index (χ3v) is 15.8. The van der Waals surface area contributed by atoms with Gasteiger partial charge in [-0.3, -0.25) is 19.2 Å². The highest BCUT2D eigenvalue weighted by Gasteiger charge is 2.32. The summed E-state index contributed by atoms with van der Waals surface area (Å²) in [6.07, 6.45) is -12.5. The van der Waals surface area contributed by atoms with E-state index in [-0.39, 0.29) is 129 Å². The Morgan fingerprint density at radius 1 is 0.322 bits per heavy atom. The van der Waals surface area contributed by atoms with Crippen molar-refractivity contribution in [1.29, 1.82) is 0 Å². The molecule has 0 fully saturated rings. The molecule has 6 N–H and O–H groups in total. The lowest BCUT2D eigenvalue weighted by molar-refractivity contribution is -0.141. The summed E-state index contributed by atoms with van der Waals surface area (Å²) in [6.45, 7) is 16.4. The maximum atomic E-state index is 12.6. The molecule has 0 radical (unpaired) electrons. The minimum atomic E-state index is -4.37. The van der Waals surface area contributed by atoms with Crippen molar-refractivity contribution in [2.45, 2.75) is 123 Å². The minimum absolute atomic E-state index is 0.00214. The van der Waals surface area contributed by atoms with E-state index in [4.69, 9.17) is 63.8 Å². The van der Waals surface area contributed by atoms with E-state index in [1.165, 1.54) is 45.6 Å². The molecule has 0 aliphatic carbocycles. The van der Waals surface area contributed by atoms with Crippen molar-refractivity contribution in [3.63, 3.8) is 0 Å². The first-order valence-corrected chi connectivity index (χ1v) is 35.9. The quantitative estimate of drug-likeness (QED) is 0.0106. The molecule has 7 unspecified atom stereocenters. The van der Waals surface area contributed by atoms with Gasteiger partial charge in [-0.05, 0) is 171 Å². The average Bonchev–Trinajstić information content (AvgIpc) is 0.865. The van der Waals surface area contributed by atoms with Crippen LogP contribution in [-0.4, -0.2) is 129 Å². The molecule has 0 aliphatic rings. The first kappa shape index (κ1) is 99.6. The fraction of sp³-hybridized carbons (Fsp3) is 0.386. The maximum absolute atomic E-state index is 12.6. The van der Waals surface area contributed by atoms with Gasteiger partial charge >= 0.3 is 42.4 Å². The molecule has 7 aromatic rings. The van der Waals surface area contributed by atoms with Crippen LogP contribution in [0.15, 0.2) is 170 Å². The van der Waals surface area contributed by atoms with E-state index >= 15 is 0 Å². The number of carbonyl (C=O) groups is 4. The summed E-state index contributed by atoms with van der Waals surface area (Å²) in [5, 5.41) is 52.1. The molecule has 18 nitrogen and oxygen atoms in total. The molecule has 0 amide bonds. The number of carboxylic acid groups (broad SMARTS) is 1. The topological polar surface area (TPSA) is 263 Å². The fourth-order valence-corrected chi connectivity index (χ4v) is 9.26. The number of aromatic hydroxyl groups is 2. The predicted molar refractivity (Wildman–Crippen MR) is 416 cm³/mol. The number of carbonyl (C=O) groups excluding carboxylic acids is 3. The number of phenolic OH excluding ortho intramolecular Hbond substituents is 2. The standard InChI is InChI=1S/C24H25F3O4.C23H23F3O4.C17H22O4.C13H14O3.C7H5F3O.C4H10O2/c1-4-5-19(14-23(28)29-3)18-6-10-21(11-7-18)30-15-17(2)16-31-22-12-8-20(9-13-22)24(25,26)27;1-3-4-18(13-22(27)28)17-5-9-20(10-6-17)29-14-16(2)15-30-21-11-7-19(8-12-21)23(24,25)26;1-4-5-15(10-17(19)20-3)14-6-8-16(9-7-14)21-12-13(2)11-18;1-3-4-11(9-13(15)16-2)10-5-7-12(14)8-6-10;8-7(9,10)5-1-3-6(11)4-2-5;1-4(2-5)3-6/h6-13,17,19H,14-16H2,1-3H3;5-12,16,18H,13-15H2,1-2H3,(H,27,28);6-9,13,15,18H,10-12H2,1-3H3;5-8,11,14H,9H2,1-2H3;1-4,11H;4-6H,2-3H2,1H3. The number of benzene rings is 7. The van der Waals surface area contributed by atoms with E-state index in [1.54, 1.807) is 95.3 Å². The summed E-state index contributed by atoms with van der Waals surface area (Å²) >= 11 is 0. The Balaban J connectivity index is 0.000000496. The maximum Gasteiger partial charge on any atom is 0.416 e. The normalized spacial score (nSPS) is 12.3. The Labute approximate surface area is 665 Å². The number of hydrogen-bond donors (Lipinski definition) is 6. The van der Waals surface area contributed by atoms with Crippen molar-refractivity contribution in [3.05, 3.63) is 209 Å². The number of esters is 3. The van der Waals surface area contributed by atoms with Crippen LogP contribution in [-0.2, 0) is 51.9 Å². The number of carboxylic acids is 1. The van der Waals surface area contributed by atoms with E-state index in [0.717, 1.165) is 76.5 Å². The summed E-state index contributed by atoms with van der Waals surface area (Å²) in [5.74, 6) is 23.2. The molecule has 622 valence electrons. The Morgan fingerprint density at radius 2 is 0.522 bits per heavy atom. The van der Waals surface area contributed by atoms with Crippen LogP contribution in [0.1, 0.15) is 144 Å². The smallest absolute Gasteiger partial charge is 0.416 e. The molecule has 7 aromatic carbocycles. The van der Waals surface area contributed by atoms with Crippen molar-refractivity contribution >= 4 is 23.9 Å². The first-order chi connectivity index (χ1) is 54.5. The summed E-state index contributed by atoms with van der Waals surface area (Å²) in [5.41, 5.74) is 1.37. The van der Waals surface area contributed by atoms with E-state index in [9.17, 15) is 58.7 Å². The zero-order valence-corrected chi connectivity index (χ0v) is 65.8. The van der Waals surface area contributed by atoms with Crippen molar-refractivity contribution in [2.24, 2.45) is 23.7 Å². The highest BCUT2D eigenvalue weighted by atomic mass is 19.4. The number of aliphatic hydroxyl groups excluding tert-OH is 3. The third kappa shape index (κ3) is 41.7. The SMILES string of the molecule is CC#CC(CC(=O)O)c1ccc(OCC(C)COc2ccc(C(F)(F)F)cc2)cc1.CC#CC(CC(=O)OC)c1ccc(O)cc1.CC#CC(CC(=O)OC)c1ccc(OCC(C)CO)cc1.CC#CC(CC(=O)OC)c1ccc(OCC(C)COc2ccc(C(F)(F)F)cc2)cc1.CC(CO)CO.Oc1ccc(C(F)(F)F)cc1. The number of alkyl halides is 9. The average molecular weight is 1620 g/mol. The van der Waals surface area contributed by atoms with E-state index in [0.29, 0.717) is 49.4 Å². The molecule has 0 bridgehead atoms. The number of ether oxygens (including phenoxy) is 8. The van der Waals surface area contributed by atoms with Crippen molar-refractivity contribution in [2.75, 3.05) is 74.2 Å². The molecular formula is C88H99F9O18. The monoisotopic (exact) mass is 1610 g/mol. The van der Waals surface area contributed by atoms with Crippen LogP contribution < -0.4 is 23.7 Å². The summed E-state index contributed by atoms with van der Waals surface area (Å²) in [7, 11) is 4.08. The van der Waals surface area contributed by atoms with Gasteiger partial charge in [-0.25, -0.2) is 0 Å². The Hall–Kier alpha value is -11.5. The van der Waals surface area contributed by atoms with Gasteiger partial charge in [0.25, 0.3) is 0 Å². The molecule has 115 heavy (non-hydrogen) atoms. The molecule has 0 heterocycles. The molecule has 0 spiro atoms. The van der Waals surface area contributed by atoms with Gasteiger partial charge in [-0.1, -0.05) is 99.9 Å². The lowest BCUT2D eigenvalue weighted by atomic mass is 9.96. The molecular weight excluding hydrogens is 1520 g/mol. The predicted octanol–water partition coefficient (Wildman–Crippen LogP) is 17.3. The van der Waals surface area contributed by atoms with Gasteiger partial charge in [0, 0.05) is 43.5 Å². The second-order valence-corrected chi connectivity index (χ2v) is 25.6. The molecule has 7 rings (SSSR count). The van der Waals surface area contributed by atoms with Crippen LogP contribution in [0.2, 0.25) is 0 Å². The zero-order valence-electron chi connectivity index (χ0n) is 65.8. The van der Waals surface area contributed by atoms with E-state index < -0.39 is 41.2 Å². The summed E-state index contributed by atoms with van der Waals surface area (Å²) < 4.78 is 153. The van der Waals surface area contributed by atoms with Crippen LogP contribution >= 0.6 is 0 Å². The van der Waals surface area contributed by atoms with Crippen molar-refractivity contribution in [1.82, 2.24) is 0 Å². The minimum Gasteiger partial charge on any atom is -0.508 e. The lowest BCUT2D eigenvalue weighted by Gasteiger charge is -2.16. The number of hydrogen-bond acceptors (Lipinski definition) is 17. The Kier molecular flexibility index (Phi) is 46.3. The van der Waals surface area contributed by atoms with Gasteiger partial charge in [-0.15, -0.1) is 23.7 Å². The number of aliphatic hydroxyl groups is 3. The molecule has 0 saturated carbocycles. The number of halogens is 9. The number of methoxy groups -OCH3 is 3. The van der Waals surface area contributed by atoms with E-state index in [2.05, 4.69) is 52.1 Å². The zero-order chi connectivity index (χ0) is 86.1. The summed E-state index contributed by atoms with van der Waals surface area (Å²) in [4.78, 5) is 45.1. The number of phenols is 2. The van der Waals surface area contributed by atoms with Gasteiger partial charge in [0.15, 0.2) is 0 Å². The summed E-state index contributed by atoms with van der Waals surface area (Å²) in [6, 6.07) is 41.4. The number of aliphatic carboxylic acids is 1. The van der Waals surface area contributed by atoms with Crippen LogP contribution in [0.5, 0.6) is 40.2 Å². The molecule has 27 heteroatoms. The van der Waals surface area contributed by atoms with Crippen LogP contribution in [0.25, 0.3) is 0 Å². The van der Waals surface area contributed by atoms with Gasteiger partial charge in [0.05, 0.1) is 120 Å². The molecule has 0 saturated heterocycles. The molecule has 0 aromatic heterocycles. The first-order valence-electron chi connectivity index (χ1n) is 35.9. The highest BCUT2D eigenvalue weighted by molar-refractivity contribution is 5.72. The van der Waals surface area contributed by atoms with Crippen LogP contribution in [0, 0.1) is 71.0 Å². The number of rotatable bonds is 30. The largest absolute Gasteiger partial charge is 0.508 e. The molecule has 0 aliphatic heterocycles. The van der Waals surface area contributed by atoms with Gasteiger partial charge in [0.2, 0.25) is 0 Å². The van der Waals surface area contributed by atoms with Crippen LogP contribution in [0.3, 0.4) is 0 Å². The van der Waals surface area contributed by atoms with Crippen molar-refractivity contribution in [3.8, 4) is 87.6 Å². The van der Waals surface area contributed by atoms with Gasteiger partial charge in [0.1, 0.15) is 40.2 Å². The van der Waals surface area contributed by atoms with Crippen LogP contribution in [0.4, 0.5) is 39.5 Å². The van der Waals surface area contributed by atoms with Gasteiger partial charge in [-0.2, -0.15) is 39.5 Å². The van der Waals surface area contributed by atoms with Crippen molar-refractivity contribution < 1.29 is 127 Å². The second-order valence-electron chi connectivity index (χ2n) is 25.6. The third-order valence-electron chi connectivity index (χ3n) is 15.8.